The SMILES string of the molecule is CN(CC1(O)CCOCC1)S(=O)(=O)c1cnc(Cl)s1. The number of hydrogen-bond donors (Lipinski definition) is 1. The van der Waals surface area contributed by atoms with Gasteiger partial charge in [0.25, 0.3) is 10.0 Å². The molecule has 1 aliphatic heterocycles. The highest BCUT2D eigenvalue weighted by Crippen LogP contribution is 2.28. The largest absolute Gasteiger partial charge is 0.388 e. The second kappa shape index (κ2) is 5.63. The van der Waals surface area contributed by atoms with Gasteiger partial charge in [-0.1, -0.05) is 22.9 Å². The standard InChI is InChI=1S/C10H15ClN2O4S2/c1-13(7-10(14)2-4-17-5-3-10)19(15,16)8-6-12-9(11)18-8/h6,14H,2-5,7H2,1H3. The fourth-order valence-electron chi connectivity index (χ4n) is 1.92. The van der Waals surface area contributed by atoms with E-state index in [-0.39, 0.29) is 15.2 Å². The van der Waals surface area contributed by atoms with Crippen molar-refractivity contribution in [2.24, 2.45) is 0 Å². The molecule has 108 valence electrons. The van der Waals surface area contributed by atoms with Crippen molar-refractivity contribution in [1.29, 1.82) is 0 Å². The minimum Gasteiger partial charge on any atom is -0.388 e. The maximum Gasteiger partial charge on any atom is 0.254 e. The molecule has 0 saturated carbocycles. The number of halogens is 1. The topological polar surface area (TPSA) is 79.7 Å². The maximum absolute atomic E-state index is 12.3. The zero-order valence-corrected chi connectivity index (χ0v) is 12.8. The van der Waals surface area contributed by atoms with E-state index in [0.717, 1.165) is 15.6 Å². The molecule has 2 heterocycles. The minimum absolute atomic E-state index is 0.0359. The molecule has 0 aliphatic carbocycles. The van der Waals surface area contributed by atoms with E-state index in [1.807, 2.05) is 0 Å². The van der Waals surface area contributed by atoms with E-state index in [2.05, 4.69) is 4.98 Å². The van der Waals surface area contributed by atoms with Crippen molar-refractivity contribution < 1.29 is 18.3 Å². The van der Waals surface area contributed by atoms with Crippen LogP contribution in [0.4, 0.5) is 0 Å². The molecule has 0 bridgehead atoms. The van der Waals surface area contributed by atoms with Crippen molar-refractivity contribution in [3.8, 4) is 0 Å². The highest BCUT2D eigenvalue weighted by Gasteiger charge is 2.35. The van der Waals surface area contributed by atoms with Gasteiger partial charge in [0.2, 0.25) is 0 Å². The van der Waals surface area contributed by atoms with Crippen molar-refractivity contribution >= 4 is 33.0 Å². The first kappa shape index (κ1) is 15.1. The highest BCUT2D eigenvalue weighted by atomic mass is 35.5. The molecular weight excluding hydrogens is 312 g/mol. The average Bonchev–Trinajstić information content (AvgIpc) is 2.77. The van der Waals surface area contributed by atoms with Crippen LogP contribution >= 0.6 is 22.9 Å². The number of ether oxygens (including phenoxy) is 1. The summed E-state index contributed by atoms with van der Waals surface area (Å²) in [5.41, 5.74) is -1.03. The molecule has 0 radical (unpaired) electrons. The van der Waals surface area contributed by atoms with Gasteiger partial charge in [0.1, 0.15) is 0 Å². The fraction of sp³-hybridized carbons (Fsp3) is 0.700. The number of aromatic nitrogens is 1. The lowest BCUT2D eigenvalue weighted by Gasteiger charge is -2.34. The maximum atomic E-state index is 12.3. The van der Waals surface area contributed by atoms with E-state index in [1.165, 1.54) is 13.2 Å². The summed E-state index contributed by atoms with van der Waals surface area (Å²) in [4.78, 5) is 3.73. The molecule has 1 fully saturated rings. The Morgan fingerprint density at radius 2 is 2.21 bits per heavy atom. The van der Waals surface area contributed by atoms with Crippen LogP contribution in [-0.2, 0) is 14.8 Å². The Morgan fingerprint density at radius 3 is 2.74 bits per heavy atom. The normalized spacial score (nSPS) is 19.8. The molecule has 0 amide bonds. The first-order valence-corrected chi connectivity index (χ1v) is 8.35. The van der Waals surface area contributed by atoms with Gasteiger partial charge in [0.15, 0.2) is 8.68 Å². The first-order chi connectivity index (χ1) is 8.83. The molecular formula is C10H15ClN2O4S2. The molecule has 0 aromatic carbocycles. The van der Waals surface area contributed by atoms with E-state index >= 15 is 0 Å². The van der Waals surface area contributed by atoms with Crippen molar-refractivity contribution in [2.45, 2.75) is 22.7 Å². The van der Waals surface area contributed by atoms with Crippen LogP contribution in [0, 0.1) is 0 Å². The van der Waals surface area contributed by atoms with Crippen LogP contribution in [-0.4, -0.2) is 55.2 Å². The molecule has 1 aromatic rings. The molecule has 2 rings (SSSR count). The second-order valence-electron chi connectivity index (χ2n) is 4.53. The van der Waals surface area contributed by atoms with E-state index in [9.17, 15) is 13.5 Å². The molecule has 1 aromatic heterocycles. The molecule has 19 heavy (non-hydrogen) atoms. The lowest BCUT2D eigenvalue weighted by molar-refractivity contribution is -0.0689. The Kier molecular flexibility index (Phi) is 4.49. The van der Waals surface area contributed by atoms with E-state index < -0.39 is 15.6 Å². The fourth-order valence-corrected chi connectivity index (χ4v) is 4.68. The van der Waals surface area contributed by atoms with Crippen LogP contribution in [0.5, 0.6) is 0 Å². The molecule has 0 atom stereocenters. The van der Waals surface area contributed by atoms with Crippen LogP contribution in [0.2, 0.25) is 4.47 Å². The van der Waals surface area contributed by atoms with Crippen molar-refractivity contribution in [1.82, 2.24) is 9.29 Å². The zero-order chi connectivity index (χ0) is 14.1. The van der Waals surface area contributed by atoms with Gasteiger partial charge in [0, 0.05) is 39.6 Å². The van der Waals surface area contributed by atoms with Crippen LogP contribution < -0.4 is 0 Å². The monoisotopic (exact) mass is 326 g/mol. The van der Waals surface area contributed by atoms with E-state index in [4.69, 9.17) is 16.3 Å². The Morgan fingerprint density at radius 1 is 1.58 bits per heavy atom. The van der Waals surface area contributed by atoms with Gasteiger partial charge in [-0.05, 0) is 0 Å². The summed E-state index contributed by atoms with van der Waals surface area (Å²) >= 11 is 6.55. The van der Waals surface area contributed by atoms with Gasteiger partial charge in [0.05, 0.1) is 11.8 Å². The number of sulfonamides is 1. The molecule has 1 saturated heterocycles. The molecule has 6 nitrogen and oxygen atoms in total. The summed E-state index contributed by atoms with van der Waals surface area (Å²) in [6.07, 6.45) is 2.08. The Bertz CT molecular complexity index is 539. The van der Waals surface area contributed by atoms with Gasteiger partial charge in [-0.25, -0.2) is 13.4 Å². The second-order valence-corrected chi connectivity index (χ2v) is 8.41. The lowest BCUT2D eigenvalue weighted by Crippen LogP contribution is -2.47. The summed E-state index contributed by atoms with van der Waals surface area (Å²) in [6, 6.07) is 0. The Balaban J connectivity index is 2.12. The number of thiazole rings is 1. The molecule has 1 N–H and O–H groups in total. The molecule has 0 unspecified atom stereocenters. The quantitative estimate of drug-likeness (QED) is 0.891. The smallest absolute Gasteiger partial charge is 0.254 e. The van der Waals surface area contributed by atoms with Crippen molar-refractivity contribution in [3.05, 3.63) is 10.7 Å². The summed E-state index contributed by atoms with van der Waals surface area (Å²) < 4.78 is 31.1. The van der Waals surface area contributed by atoms with Crippen LogP contribution in [0.1, 0.15) is 12.8 Å². The highest BCUT2D eigenvalue weighted by molar-refractivity contribution is 7.91. The lowest BCUT2D eigenvalue weighted by atomic mass is 9.95. The van der Waals surface area contributed by atoms with E-state index in [1.54, 1.807) is 0 Å². The first-order valence-electron chi connectivity index (χ1n) is 5.71. The molecule has 9 heteroatoms. The third kappa shape index (κ3) is 3.45. The third-order valence-electron chi connectivity index (χ3n) is 3.06. The summed E-state index contributed by atoms with van der Waals surface area (Å²) in [5, 5.41) is 10.3. The van der Waals surface area contributed by atoms with Crippen LogP contribution in [0.3, 0.4) is 0 Å². The minimum atomic E-state index is -3.65. The van der Waals surface area contributed by atoms with Gasteiger partial charge in [-0.15, -0.1) is 0 Å². The number of likely N-dealkylation sites (N-methyl/N-ethyl adjacent to an activating group) is 1. The predicted octanol–water partition coefficient (Wildman–Crippen LogP) is 0.958. The van der Waals surface area contributed by atoms with Gasteiger partial charge in [-0.3, -0.25) is 0 Å². The van der Waals surface area contributed by atoms with E-state index in [0.29, 0.717) is 26.1 Å². The Labute approximate surface area is 121 Å². The third-order valence-corrected chi connectivity index (χ3v) is 6.42. The van der Waals surface area contributed by atoms with Gasteiger partial charge in [-0.2, -0.15) is 4.31 Å². The van der Waals surface area contributed by atoms with Crippen molar-refractivity contribution in [2.75, 3.05) is 26.8 Å². The van der Waals surface area contributed by atoms with Crippen LogP contribution in [0.25, 0.3) is 0 Å². The number of hydrogen-bond acceptors (Lipinski definition) is 6. The number of nitrogens with zero attached hydrogens (tertiary/aromatic N) is 2. The van der Waals surface area contributed by atoms with Crippen molar-refractivity contribution in [3.63, 3.8) is 0 Å². The zero-order valence-electron chi connectivity index (χ0n) is 10.4. The summed E-state index contributed by atoms with van der Waals surface area (Å²) in [6.45, 7) is 0.918. The van der Waals surface area contributed by atoms with Crippen LogP contribution in [0.15, 0.2) is 10.4 Å². The van der Waals surface area contributed by atoms with Gasteiger partial charge >= 0.3 is 0 Å². The summed E-state index contributed by atoms with van der Waals surface area (Å²) in [5.74, 6) is 0. The number of rotatable bonds is 4. The Hall–Kier alpha value is -0.250. The number of aliphatic hydroxyl groups is 1. The van der Waals surface area contributed by atoms with Gasteiger partial charge < -0.3 is 9.84 Å². The summed E-state index contributed by atoms with van der Waals surface area (Å²) in [7, 11) is -2.21. The molecule has 0 spiro atoms. The molecule has 1 aliphatic rings. The average molecular weight is 327 g/mol. The predicted molar refractivity (Wildman–Crippen MR) is 71.9 cm³/mol.